The summed E-state index contributed by atoms with van der Waals surface area (Å²) in [6, 6.07) is 13.4. The van der Waals surface area contributed by atoms with Crippen LogP contribution >= 0.6 is 0 Å². The third kappa shape index (κ3) is 6.72. The number of nitrogens with zero attached hydrogens (tertiary/aromatic N) is 1. The zero-order valence-electron chi connectivity index (χ0n) is 24.2. The van der Waals surface area contributed by atoms with Gasteiger partial charge in [-0.15, -0.1) is 0 Å². The average Bonchev–Trinajstić information content (AvgIpc) is 3.38. The lowest BCUT2D eigenvalue weighted by Crippen LogP contribution is -2.54. The Balaban J connectivity index is 1.51. The predicted molar refractivity (Wildman–Crippen MR) is 149 cm³/mol. The van der Waals surface area contributed by atoms with Crippen LogP contribution in [0.25, 0.3) is 10.8 Å². The number of hydrogen-bond acceptors (Lipinski definition) is 6. The molecule has 1 N–H and O–H groups in total. The topological polar surface area (TPSA) is 94.2 Å². The van der Waals surface area contributed by atoms with E-state index < -0.39 is 34.8 Å². The van der Waals surface area contributed by atoms with E-state index in [1.807, 2.05) is 52.0 Å². The maximum atomic E-state index is 13.7. The highest BCUT2D eigenvalue weighted by atomic mass is 16.6. The summed E-state index contributed by atoms with van der Waals surface area (Å²) >= 11 is 0. The molecule has 4 rings (SSSR count). The smallest absolute Gasteiger partial charge is 0.411 e. The lowest BCUT2D eigenvalue weighted by Gasteiger charge is -2.30. The van der Waals surface area contributed by atoms with Gasteiger partial charge < -0.3 is 19.5 Å². The fourth-order valence-corrected chi connectivity index (χ4v) is 5.26. The van der Waals surface area contributed by atoms with Crippen LogP contribution in [-0.2, 0) is 30.4 Å². The molecule has 2 aromatic carbocycles. The van der Waals surface area contributed by atoms with Gasteiger partial charge in [0.2, 0.25) is 5.91 Å². The lowest BCUT2D eigenvalue weighted by molar-refractivity contribution is -0.161. The number of hydrogen-bond donors (Lipinski definition) is 1. The molecule has 2 fully saturated rings. The van der Waals surface area contributed by atoms with Gasteiger partial charge in [0.05, 0.1) is 19.3 Å². The molecule has 0 radical (unpaired) electrons. The first-order chi connectivity index (χ1) is 18.2. The summed E-state index contributed by atoms with van der Waals surface area (Å²) < 4.78 is 17.6. The molecule has 2 amide bonds. The van der Waals surface area contributed by atoms with Crippen LogP contribution in [0.4, 0.5) is 4.79 Å². The maximum absolute atomic E-state index is 13.7. The molecule has 0 aromatic heterocycles. The minimum Gasteiger partial charge on any atom is -0.458 e. The summed E-state index contributed by atoms with van der Waals surface area (Å²) in [6.45, 7) is 13.3. The molecule has 2 aromatic rings. The highest BCUT2D eigenvalue weighted by Gasteiger charge is 2.62. The van der Waals surface area contributed by atoms with E-state index in [2.05, 4.69) is 23.5 Å². The van der Waals surface area contributed by atoms with Crippen molar-refractivity contribution >= 4 is 28.7 Å². The van der Waals surface area contributed by atoms with Gasteiger partial charge in [0.15, 0.2) is 0 Å². The van der Waals surface area contributed by atoms with E-state index in [0.717, 1.165) is 22.8 Å². The van der Waals surface area contributed by atoms with Crippen LogP contribution in [0.3, 0.4) is 0 Å². The van der Waals surface area contributed by atoms with Gasteiger partial charge in [0, 0.05) is 6.42 Å². The second kappa shape index (κ2) is 10.8. The van der Waals surface area contributed by atoms with Crippen LogP contribution < -0.4 is 5.32 Å². The number of ether oxygens (including phenoxy) is 3. The second-order valence-electron chi connectivity index (χ2n) is 12.7. The number of fused-ring (bicyclic) bond motifs is 1. The SMILES string of the molecule is CCC1C[C@@]1(NC(=O)[C@@H]1C[C@@H](OCc2cccc3ccccc23)CN1C(=O)OC(C)(C)C)C(=O)OC(C)(C)C. The van der Waals surface area contributed by atoms with Gasteiger partial charge in [0.25, 0.3) is 0 Å². The van der Waals surface area contributed by atoms with Crippen LogP contribution in [-0.4, -0.2) is 58.3 Å². The fraction of sp³-hybridized carbons (Fsp3) is 0.581. The number of nitrogens with one attached hydrogen (secondary N) is 1. The molecule has 39 heavy (non-hydrogen) atoms. The fourth-order valence-electron chi connectivity index (χ4n) is 5.26. The minimum atomic E-state index is -1.07. The number of amides is 2. The number of rotatable bonds is 7. The predicted octanol–water partition coefficient (Wildman–Crippen LogP) is 5.36. The Kier molecular flexibility index (Phi) is 7.99. The van der Waals surface area contributed by atoms with Gasteiger partial charge in [-0.3, -0.25) is 9.69 Å². The van der Waals surface area contributed by atoms with E-state index >= 15 is 0 Å². The van der Waals surface area contributed by atoms with Gasteiger partial charge in [0.1, 0.15) is 22.8 Å². The van der Waals surface area contributed by atoms with Crippen LogP contribution in [0.5, 0.6) is 0 Å². The Hall–Kier alpha value is -3.13. The van der Waals surface area contributed by atoms with Crippen molar-refractivity contribution in [1.82, 2.24) is 10.2 Å². The Morgan fingerprint density at radius 3 is 2.28 bits per heavy atom. The monoisotopic (exact) mass is 538 g/mol. The molecule has 8 heteroatoms. The molecule has 1 heterocycles. The summed E-state index contributed by atoms with van der Waals surface area (Å²) in [5.41, 5.74) is -1.42. The van der Waals surface area contributed by atoms with Crippen molar-refractivity contribution in [2.45, 2.75) is 103 Å². The molecule has 4 atom stereocenters. The summed E-state index contributed by atoms with van der Waals surface area (Å²) in [7, 11) is 0. The van der Waals surface area contributed by atoms with E-state index in [1.165, 1.54) is 4.90 Å². The Labute approximate surface area is 231 Å². The quantitative estimate of drug-likeness (QED) is 0.477. The van der Waals surface area contributed by atoms with Crippen LogP contribution in [0.1, 0.15) is 73.3 Å². The number of esters is 1. The molecule has 0 spiro atoms. The lowest BCUT2D eigenvalue weighted by atomic mass is 10.1. The van der Waals surface area contributed by atoms with Crippen molar-refractivity contribution < 1.29 is 28.6 Å². The molecule has 0 bridgehead atoms. The van der Waals surface area contributed by atoms with E-state index in [4.69, 9.17) is 14.2 Å². The zero-order valence-corrected chi connectivity index (χ0v) is 24.2. The van der Waals surface area contributed by atoms with Gasteiger partial charge in [-0.05, 0) is 70.2 Å². The standard InChI is InChI=1S/C31H42N2O6/c1-8-22-17-31(22,27(35)38-29(2,3)4)32-26(34)25-16-23(18-33(25)28(36)39-30(5,6)7)37-19-21-14-11-13-20-12-9-10-15-24(20)21/h9-15,22-23,25H,8,16-19H2,1-7H3,(H,32,34)/t22?,23-,25+,31+/m1/s1. The molecular weight excluding hydrogens is 496 g/mol. The number of carbonyl (C=O) groups is 3. The Morgan fingerprint density at radius 2 is 1.64 bits per heavy atom. The van der Waals surface area contributed by atoms with Crippen LogP contribution in [0, 0.1) is 5.92 Å². The first-order valence-electron chi connectivity index (χ1n) is 13.9. The number of likely N-dealkylation sites (tertiary alicyclic amines) is 1. The average molecular weight is 539 g/mol. The van der Waals surface area contributed by atoms with Crippen molar-refractivity contribution in [3.63, 3.8) is 0 Å². The van der Waals surface area contributed by atoms with Gasteiger partial charge in [-0.1, -0.05) is 55.8 Å². The van der Waals surface area contributed by atoms with E-state index in [0.29, 0.717) is 19.4 Å². The highest BCUT2D eigenvalue weighted by Crippen LogP contribution is 2.47. The van der Waals surface area contributed by atoms with Gasteiger partial charge >= 0.3 is 12.1 Å². The summed E-state index contributed by atoms with van der Waals surface area (Å²) in [4.78, 5) is 41.4. The van der Waals surface area contributed by atoms with Crippen LogP contribution in [0.2, 0.25) is 0 Å². The Bertz CT molecular complexity index is 1220. The maximum Gasteiger partial charge on any atom is 0.411 e. The Morgan fingerprint density at radius 1 is 0.974 bits per heavy atom. The second-order valence-corrected chi connectivity index (χ2v) is 12.7. The molecular formula is C31H42N2O6. The third-order valence-electron chi connectivity index (χ3n) is 7.26. The van der Waals surface area contributed by atoms with Gasteiger partial charge in [-0.25, -0.2) is 9.59 Å². The highest BCUT2D eigenvalue weighted by molar-refractivity contribution is 5.94. The zero-order chi connectivity index (χ0) is 28.6. The van der Waals surface area contributed by atoms with Crippen molar-refractivity contribution in [2.75, 3.05) is 6.54 Å². The number of carbonyl (C=O) groups excluding carboxylic acids is 3. The van der Waals surface area contributed by atoms with Gasteiger partial charge in [-0.2, -0.15) is 0 Å². The third-order valence-corrected chi connectivity index (χ3v) is 7.26. The van der Waals surface area contributed by atoms with E-state index in [1.54, 1.807) is 20.8 Å². The normalized spacial score (nSPS) is 24.9. The first kappa shape index (κ1) is 28.9. The summed E-state index contributed by atoms with van der Waals surface area (Å²) in [6.07, 6.45) is 0.608. The minimum absolute atomic E-state index is 0.00825. The molecule has 1 aliphatic heterocycles. The van der Waals surface area contributed by atoms with E-state index in [-0.39, 0.29) is 24.5 Å². The largest absolute Gasteiger partial charge is 0.458 e. The number of benzene rings is 2. The summed E-state index contributed by atoms with van der Waals surface area (Å²) in [5.74, 6) is -0.828. The van der Waals surface area contributed by atoms with E-state index in [9.17, 15) is 14.4 Å². The van der Waals surface area contributed by atoms with Crippen LogP contribution in [0.15, 0.2) is 42.5 Å². The van der Waals surface area contributed by atoms with Crippen molar-refractivity contribution in [3.8, 4) is 0 Å². The molecule has 1 unspecified atom stereocenters. The summed E-state index contributed by atoms with van der Waals surface area (Å²) in [5, 5.41) is 5.21. The van der Waals surface area contributed by atoms with Crippen molar-refractivity contribution in [2.24, 2.45) is 5.92 Å². The molecule has 8 nitrogen and oxygen atoms in total. The molecule has 1 aliphatic carbocycles. The van der Waals surface area contributed by atoms with Crippen molar-refractivity contribution in [1.29, 1.82) is 0 Å². The molecule has 2 aliphatic rings. The molecule has 1 saturated carbocycles. The first-order valence-corrected chi connectivity index (χ1v) is 13.9. The van der Waals surface area contributed by atoms with Crippen molar-refractivity contribution in [3.05, 3.63) is 48.0 Å². The molecule has 1 saturated heterocycles. The molecule has 212 valence electrons.